The molecule has 4 fully saturated rings. The predicted molar refractivity (Wildman–Crippen MR) is 115 cm³/mol. The summed E-state index contributed by atoms with van der Waals surface area (Å²) in [5, 5.41) is 12.9. The van der Waals surface area contributed by atoms with E-state index in [9.17, 15) is 14.9 Å². The third-order valence-corrected chi connectivity index (χ3v) is 10.4. The molecule has 162 valence electrons. The number of carbonyl (C=O) groups is 2. The second-order valence-electron chi connectivity index (χ2n) is 11.6. The van der Waals surface area contributed by atoms with E-state index in [1.54, 1.807) is 0 Å². The van der Waals surface area contributed by atoms with Crippen LogP contribution < -0.4 is 5.32 Å². The fourth-order valence-electron chi connectivity index (χ4n) is 8.63. The number of allylic oxidation sites excluding steroid dienone is 2. The summed E-state index contributed by atoms with van der Waals surface area (Å²) >= 11 is 0. The van der Waals surface area contributed by atoms with Crippen molar-refractivity contribution in [2.75, 3.05) is 0 Å². The normalized spacial score (nSPS) is 46.4. The van der Waals surface area contributed by atoms with Crippen molar-refractivity contribution in [2.45, 2.75) is 90.0 Å². The van der Waals surface area contributed by atoms with E-state index < -0.39 is 5.54 Å². The van der Waals surface area contributed by atoms with Crippen LogP contribution in [0.5, 0.6) is 0 Å². The van der Waals surface area contributed by atoms with Gasteiger partial charge in [0.2, 0.25) is 5.91 Å². The fraction of sp³-hybridized carbons (Fsp3) is 0.808. The molecule has 4 nitrogen and oxygen atoms in total. The molecule has 0 aliphatic heterocycles. The van der Waals surface area contributed by atoms with Crippen LogP contribution in [0.2, 0.25) is 0 Å². The molecule has 0 aromatic carbocycles. The van der Waals surface area contributed by atoms with Crippen molar-refractivity contribution in [1.82, 2.24) is 5.32 Å². The van der Waals surface area contributed by atoms with E-state index in [4.69, 9.17) is 0 Å². The maximum Gasteiger partial charge on any atom is 0.224 e. The molecule has 1 amide bonds. The van der Waals surface area contributed by atoms with Gasteiger partial charge in [-0.15, -0.1) is 0 Å². The Balaban J connectivity index is 1.37. The second-order valence-corrected chi connectivity index (χ2v) is 11.6. The number of carbonyl (C=O) groups excluding carboxylic acids is 2. The number of amides is 1. The van der Waals surface area contributed by atoms with Gasteiger partial charge in [0, 0.05) is 12.3 Å². The maximum atomic E-state index is 13.4. The largest absolute Gasteiger partial charge is 0.338 e. The molecule has 0 bridgehead atoms. The molecule has 2 unspecified atom stereocenters. The molecule has 5 rings (SSSR count). The second kappa shape index (κ2) is 6.94. The van der Waals surface area contributed by atoms with Gasteiger partial charge in [-0.1, -0.05) is 19.9 Å². The van der Waals surface area contributed by atoms with Gasteiger partial charge in [0.25, 0.3) is 0 Å². The Bertz CT molecular complexity index is 819. The number of fused-ring (bicyclic) bond motifs is 5. The SMILES string of the molecule is C[C@]12C=CC(=O)CC1CC[C@@H]1[C@H]2CC[C@]2(C)C(C(=O)NC3(C#N)CCCC3)CC[C@@H]12. The first-order chi connectivity index (χ1) is 14.3. The van der Waals surface area contributed by atoms with E-state index in [1.165, 1.54) is 6.42 Å². The first-order valence-corrected chi connectivity index (χ1v) is 12.3. The van der Waals surface area contributed by atoms with Crippen LogP contribution in [0.15, 0.2) is 12.2 Å². The van der Waals surface area contributed by atoms with Crippen molar-refractivity contribution in [3.63, 3.8) is 0 Å². The summed E-state index contributed by atoms with van der Waals surface area (Å²) in [5.41, 5.74) is -0.418. The monoisotopic (exact) mass is 408 g/mol. The van der Waals surface area contributed by atoms with Crippen LogP contribution >= 0.6 is 0 Å². The van der Waals surface area contributed by atoms with Gasteiger partial charge in [-0.25, -0.2) is 0 Å². The smallest absolute Gasteiger partial charge is 0.224 e. The van der Waals surface area contributed by atoms with Gasteiger partial charge in [-0.3, -0.25) is 9.59 Å². The lowest BCUT2D eigenvalue weighted by atomic mass is 9.46. The number of nitrogens with one attached hydrogen (secondary N) is 1. The Morgan fingerprint density at radius 3 is 2.57 bits per heavy atom. The predicted octanol–water partition coefficient (Wildman–Crippen LogP) is 4.94. The molecule has 7 atom stereocenters. The lowest BCUT2D eigenvalue weighted by molar-refractivity contribution is -0.136. The standard InChI is InChI=1S/C26H36N2O2/c1-24-13-9-18(29)15-17(24)5-6-19-20-7-8-22(25(20,2)14-10-21(19)24)23(30)28-26(16-27)11-3-4-12-26/h9,13,17,19-22H,3-8,10-12,14-15H2,1-2H3,(H,28,30)/t17?,19-,20-,21+,22?,24-,25-/m0/s1. The average Bonchev–Trinajstić information content (AvgIpc) is 3.33. The zero-order chi connectivity index (χ0) is 21.1. The molecule has 0 spiro atoms. The number of ketones is 1. The molecular formula is C26H36N2O2. The van der Waals surface area contributed by atoms with Gasteiger partial charge in [-0.2, -0.15) is 5.26 Å². The van der Waals surface area contributed by atoms with E-state index in [0.29, 0.717) is 29.5 Å². The molecule has 5 aliphatic carbocycles. The van der Waals surface area contributed by atoms with Crippen molar-refractivity contribution in [2.24, 2.45) is 40.4 Å². The average molecular weight is 409 g/mol. The minimum atomic E-state index is -0.617. The van der Waals surface area contributed by atoms with Crippen LogP contribution in [0, 0.1) is 51.8 Å². The number of hydrogen-bond donors (Lipinski definition) is 1. The molecule has 4 heteroatoms. The number of nitriles is 1. The van der Waals surface area contributed by atoms with Gasteiger partial charge in [0.15, 0.2) is 5.78 Å². The Morgan fingerprint density at radius 2 is 1.83 bits per heavy atom. The Morgan fingerprint density at radius 1 is 1.07 bits per heavy atom. The van der Waals surface area contributed by atoms with Crippen LogP contribution in [0.4, 0.5) is 0 Å². The molecule has 5 aliphatic rings. The molecule has 0 aromatic rings. The molecule has 0 heterocycles. The first kappa shape index (κ1) is 20.3. The van der Waals surface area contributed by atoms with Crippen LogP contribution in [0.3, 0.4) is 0 Å². The highest BCUT2D eigenvalue weighted by Gasteiger charge is 2.61. The lowest BCUT2D eigenvalue weighted by Crippen LogP contribution is -2.55. The van der Waals surface area contributed by atoms with E-state index in [-0.39, 0.29) is 22.7 Å². The zero-order valence-corrected chi connectivity index (χ0v) is 18.6. The third kappa shape index (κ3) is 2.84. The van der Waals surface area contributed by atoms with Crippen LogP contribution in [-0.4, -0.2) is 17.2 Å². The number of rotatable bonds is 2. The number of hydrogen-bond acceptors (Lipinski definition) is 3. The highest BCUT2D eigenvalue weighted by molar-refractivity contribution is 5.91. The summed E-state index contributed by atoms with van der Waals surface area (Å²) in [7, 11) is 0. The summed E-state index contributed by atoms with van der Waals surface area (Å²) in [5.74, 6) is 2.88. The summed E-state index contributed by atoms with van der Waals surface area (Å²) in [4.78, 5) is 25.4. The minimum absolute atomic E-state index is 0.0447. The number of nitrogens with zero attached hydrogens (tertiary/aromatic N) is 1. The topological polar surface area (TPSA) is 70.0 Å². The molecule has 1 N–H and O–H groups in total. The van der Waals surface area contributed by atoms with E-state index in [0.717, 1.165) is 64.2 Å². The van der Waals surface area contributed by atoms with Crippen molar-refractivity contribution in [3.05, 3.63) is 12.2 Å². The van der Waals surface area contributed by atoms with Gasteiger partial charge < -0.3 is 5.32 Å². The minimum Gasteiger partial charge on any atom is -0.338 e. The van der Waals surface area contributed by atoms with Crippen LogP contribution in [0.1, 0.15) is 84.5 Å². The zero-order valence-electron chi connectivity index (χ0n) is 18.6. The van der Waals surface area contributed by atoms with Gasteiger partial charge in [0.05, 0.1) is 6.07 Å². The summed E-state index contributed by atoms with van der Waals surface area (Å²) in [6, 6.07) is 2.43. The van der Waals surface area contributed by atoms with Gasteiger partial charge in [0.1, 0.15) is 5.54 Å². The van der Waals surface area contributed by atoms with Crippen LogP contribution in [0.25, 0.3) is 0 Å². The molecule has 0 aromatic heterocycles. The van der Waals surface area contributed by atoms with Crippen molar-refractivity contribution >= 4 is 11.7 Å². The van der Waals surface area contributed by atoms with E-state index in [1.807, 2.05) is 6.08 Å². The highest BCUT2D eigenvalue weighted by Crippen LogP contribution is 2.66. The molecule has 30 heavy (non-hydrogen) atoms. The van der Waals surface area contributed by atoms with Gasteiger partial charge in [-0.05, 0) is 105 Å². The Hall–Kier alpha value is -1.63. The maximum absolute atomic E-state index is 13.4. The van der Waals surface area contributed by atoms with E-state index >= 15 is 0 Å². The lowest BCUT2D eigenvalue weighted by Gasteiger charge is -2.58. The van der Waals surface area contributed by atoms with Crippen molar-refractivity contribution in [3.8, 4) is 6.07 Å². The van der Waals surface area contributed by atoms with E-state index in [2.05, 4.69) is 31.3 Å². The quantitative estimate of drug-likeness (QED) is 0.703. The van der Waals surface area contributed by atoms with Crippen molar-refractivity contribution in [1.29, 1.82) is 5.26 Å². The van der Waals surface area contributed by atoms with Crippen molar-refractivity contribution < 1.29 is 9.59 Å². The summed E-state index contributed by atoms with van der Waals surface area (Å²) in [6.45, 7) is 4.77. The Kier molecular flexibility index (Phi) is 4.69. The molecular weight excluding hydrogens is 372 g/mol. The van der Waals surface area contributed by atoms with Crippen LogP contribution in [-0.2, 0) is 9.59 Å². The highest BCUT2D eigenvalue weighted by atomic mass is 16.2. The molecule has 0 saturated heterocycles. The summed E-state index contributed by atoms with van der Waals surface area (Å²) in [6.07, 6.45) is 15.2. The molecule has 0 radical (unpaired) electrons. The summed E-state index contributed by atoms with van der Waals surface area (Å²) < 4.78 is 0. The first-order valence-electron chi connectivity index (χ1n) is 12.3. The van der Waals surface area contributed by atoms with Gasteiger partial charge >= 0.3 is 0 Å². The Labute approximate surface area is 180 Å². The molecule has 4 saturated carbocycles. The third-order valence-electron chi connectivity index (χ3n) is 10.4. The fourth-order valence-corrected chi connectivity index (χ4v) is 8.63.